The van der Waals surface area contributed by atoms with Crippen LogP contribution in [0.2, 0.25) is 5.02 Å². The fourth-order valence-corrected chi connectivity index (χ4v) is 3.99. The van der Waals surface area contributed by atoms with Crippen molar-refractivity contribution < 1.29 is 13.4 Å². The Balaban J connectivity index is 1.74. The van der Waals surface area contributed by atoms with Crippen LogP contribution in [0.3, 0.4) is 0 Å². The van der Waals surface area contributed by atoms with Crippen LogP contribution in [0.25, 0.3) is 0 Å². The molecule has 1 aliphatic carbocycles. The third kappa shape index (κ3) is 6.07. The molecule has 0 fully saturated rings. The molecule has 0 heterocycles. The lowest BCUT2D eigenvalue weighted by Gasteiger charge is -2.13. The minimum atomic E-state index is -1.48. The summed E-state index contributed by atoms with van der Waals surface area (Å²) >= 11 is 5.90. The molecule has 0 saturated carbocycles. The van der Waals surface area contributed by atoms with Crippen LogP contribution in [0.15, 0.2) is 29.8 Å². The highest BCUT2D eigenvalue weighted by molar-refractivity contribution is 7.84. The molecule has 3 nitrogen and oxygen atoms in total. The molecule has 0 radical (unpaired) electrons. The molecule has 1 atom stereocenters. The van der Waals surface area contributed by atoms with Crippen molar-refractivity contribution in [2.75, 3.05) is 12.3 Å². The quantitative estimate of drug-likeness (QED) is 0.756. The second-order valence-electron chi connectivity index (χ2n) is 5.64. The van der Waals surface area contributed by atoms with Crippen LogP contribution in [-0.4, -0.2) is 22.4 Å². The molecule has 1 aromatic rings. The number of benzene rings is 1. The standard InChI is InChI=1S/C17H21ClFNO2S/c18-15-7-4-8-16(19)14(15)11-23(22)12-17(21)20-10-9-13-5-2-1-3-6-13/h4-5,7-8H,1-3,6,9-12H2,(H,20,21)/t23-/m0/s1. The zero-order chi connectivity index (χ0) is 16.7. The van der Waals surface area contributed by atoms with E-state index in [0.717, 1.165) is 19.3 Å². The van der Waals surface area contributed by atoms with Crippen LogP contribution in [-0.2, 0) is 21.3 Å². The van der Waals surface area contributed by atoms with Crippen molar-refractivity contribution >= 4 is 28.3 Å². The number of amides is 1. The topological polar surface area (TPSA) is 46.2 Å². The number of nitrogens with one attached hydrogen (secondary N) is 1. The van der Waals surface area contributed by atoms with Crippen molar-refractivity contribution in [1.82, 2.24) is 5.32 Å². The molecule has 0 unspecified atom stereocenters. The van der Waals surface area contributed by atoms with Crippen molar-refractivity contribution in [3.8, 4) is 0 Å². The van der Waals surface area contributed by atoms with Crippen LogP contribution in [0, 0.1) is 5.82 Å². The number of hydrogen-bond donors (Lipinski definition) is 1. The van der Waals surface area contributed by atoms with E-state index in [2.05, 4.69) is 11.4 Å². The minimum Gasteiger partial charge on any atom is -0.355 e. The van der Waals surface area contributed by atoms with E-state index in [4.69, 9.17) is 11.6 Å². The number of allylic oxidation sites excluding steroid dienone is 1. The maximum atomic E-state index is 13.6. The third-order valence-electron chi connectivity index (χ3n) is 3.81. The van der Waals surface area contributed by atoms with Crippen molar-refractivity contribution in [2.45, 2.75) is 37.9 Å². The SMILES string of the molecule is O=C(C[S@@](=O)Cc1c(F)cccc1Cl)NCCC1=CCCCC1. The lowest BCUT2D eigenvalue weighted by Crippen LogP contribution is -2.29. The summed E-state index contributed by atoms with van der Waals surface area (Å²) in [6.07, 6.45) is 7.77. The van der Waals surface area contributed by atoms with Gasteiger partial charge in [0.2, 0.25) is 5.91 Å². The molecule has 1 aliphatic rings. The Kier molecular flexibility index (Phi) is 7.24. The number of rotatable bonds is 7. The highest BCUT2D eigenvalue weighted by atomic mass is 35.5. The van der Waals surface area contributed by atoms with E-state index in [9.17, 15) is 13.4 Å². The van der Waals surface area contributed by atoms with Crippen LogP contribution < -0.4 is 5.32 Å². The number of hydrogen-bond acceptors (Lipinski definition) is 2. The van der Waals surface area contributed by atoms with Gasteiger partial charge in [-0.25, -0.2) is 4.39 Å². The maximum Gasteiger partial charge on any atom is 0.232 e. The fourth-order valence-electron chi connectivity index (χ4n) is 2.57. The van der Waals surface area contributed by atoms with Crippen molar-refractivity contribution in [3.05, 3.63) is 46.3 Å². The van der Waals surface area contributed by atoms with Gasteiger partial charge in [-0.05, 0) is 44.2 Å². The Morgan fingerprint density at radius 1 is 1.35 bits per heavy atom. The summed E-state index contributed by atoms with van der Waals surface area (Å²) < 4.78 is 25.6. The first-order valence-electron chi connectivity index (χ1n) is 7.78. The van der Waals surface area contributed by atoms with Crippen LogP contribution in [0.5, 0.6) is 0 Å². The third-order valence-corrected chi connectivity index (χ3v) is 5.36. The van der Waals surface area contributed by atoms with E-state index >= 15 is 0 Å². The van der Waals surface area contributed by atoms with Gasteiger partial charge in [-0.15, -0.1) is 0 Å². The molecule has 0 bridgehead atoms. The molecule has 6 heteroatoms. The number of carbonyl (C=O) groups excluding carboxylic acids is 1. The molecule has 1 aromatic carbocycles. The smallest absolute Gasteiger partial charge is 0.232 e. The Bertz CT molecular complexity index is 598. The summed E-state index contributed by atoms with van der Waals surface area (Å²) in [7, 11) is -1.48. The van der Waals surface area contributed by atoms with Crippen molar-refractivity contribution in [1.29, 1.82) is 0 Å². The molecule has 0 aliphatic heterocycles. The normalized spacial score (nSPS) is 15.8. The van der Waals surface area contributed by atoms with Crippen LogP contribution in [0.1, 0.15) is 37.7 Å². The molecule has 0 aromatic heterocycles. The number of halogens is 2. The van der Waals surface area contributed by atoms with Gasteiger partial charge in [0.1, 0.15) is 11.6 Å². The van der Waals surface area contributed by atoms with Gasteiger partial charge in [-0.2, -0.15) is 0 Å². The fraction of sp³-hybridized carbons (Fsp3) is 0.471. The van der Waals surface area contributed by atoms with Crippen LogP contribution >= 0.6 is 11.6 Å². The Hall–Kier alpha value is -1.20. The maximum absolute atomic E-state index is 13.6. The first-order valence-corrected chi connectivity index (χ1v) is 9.65. The summed E-state index contributed by atoms with van der Waals surface area (Å²) in [5.74, 6) is -0.948. The largest absolute Gasteiger partial charge is 0.355 e. The minimum absolute atomic E-state index is 0.0515. The molecule has 1 amide bonds. The van der Waals surface area contributed by atoms with Crippen LogP contribution in [0.4, 0.5) is 4.39 Å². The Labute approximate surface area is 143 Å². The highest BCUT2D eigenvalue weighted by Crippen LogP contribution is 2.21. The average Bonchev–Trinajstić information content (AvgIpc) is 2.52. The first-order chi connectivity index (χ1) is 11.1. The van der Waals surface area contributed by atoms with Gasteiger partial charge in [0, 0.05) is 27.9 Å². The van der Waals surface area contributed by atoms with Gasteiger partial charge in [0.15, 0.2) is 0 Å². The van der Waals surface area contributed by atoms with Gasteiger partial charge < -0.3 is 5.32 Å². The molecule has 1 N–H and O–H groups in total. The zero-order valence-electron chi connectivity index (χ0n) is 12.9. The van der Waals surface area contributed by atoms with Gasteiger partial charge in [0.05, 0.1) is 5.75 Å². The predicted molar refractivity (Wildman–Crippen MR) is 92.3 cm³/mol. The monoisotopic (exact) mass is 357 g/mol. The summed E-state index contributed by atoms with van der Waals surface area (Å²) in [5.41, 5.74) is 1.59. The van der Waals surface area contributed by atoms with E-state index in [1.807, 2.05) is 0 Å². The van der Waals surface area contributed by atoms with Crippen molar-refractivity contribution in [3.63, 3.8) is 0 Å². The molecule has 0 saturated heterocycles. The van der Waals surface area contributed by atoms with Gasteiger partial charge in [-0.3, -0.25) is 9.00 Å². The van der Waals surface area contributed by atoms with Crippen molar-refractivity contribution in [2.24, 2.45) is 0 Å². The lowest BCUT2D eigenvalue weighted by molar-refractivity contribution is -0.118. The average molecular weight is 358 g/mol. The van der Waals surface area contributed by atoms with E-state index in [0.29, 0.717) is 6.54 Å². The molecule has 0 spiro atoms. The summed E-state index contributed by atoms with van der Waals surface area (Å²) in [6, 6.07) is 4.32. The predicted octanol–water partition coefficient (Wildman–Crippen LogP) is 3.73. The van der Waals surface area contributed by atoms with Gasteiger partial charge >= 0.3 is 0 Å². The summed E-state index contributed by atoms with van der Waals surface area (Å²) in [5, 5.41) is 3.02. The molecular formula is C17H21ClFNO2S. The Morgan fingerprint density at radius 2 is 2.17 bits per heavy atom. The summed E-state index contributed by atoms with van der Waals surface area (Å²) in [4.78, 5) is 11.8. The number of carbonyl (C=O) groups is 1. The van der Waals surface area contributed by atoms with Gasteiger partial charge in [0.25, 0.3) is 0 Å². The van der Waals surface area contributed by atoms with E-state index in [-0.39, 0.29) is 28.0 Å². The molecule has 23 heavy (non-hydrogen) atoms. The molecule has 2 rings (SSSR count). The summed E-state index contributed by atoms with van der Waals surface area (Å²) in [6.45, 7) is 0.558. The van der Waals surface area contributed by atoms with E-state index < -0.39 is 16.6 Å². The molecule has 126 valence electrons. The highest BCUT2D eigenvalue weighted by Gasteiger charge is 2.14. The second kappa shape index (κ2) is 9.18. The van der Waals surface area contributed by atoms with E-state index in [1.165, 1.54) is 30.5 Å². The lowest BCUT2D eigenvalue weighted by atomic mass is 9.97. The van der Waals surface area contributed by atoms with E-state index in [1.54, 1.807) is 6.07 Å². The molecular weight excluding hydrogens is 337 g/mol. The Morgan fingerprint density at radius 3 is 2.87 bits per heavy atom. The second-order valence-corrected chi connectivity index (χ2v) is 7.50. The zero-order valence-corrected chi connectivity index (χ0v) is 14.5. The first kappa shape index (κ1) is 18.1. The van der Waals surface area contributed by atoms with Gasteiger partial charge in [-0.1, -0.05) is 29.3 Å².